The van der Waals surface area contributed by atoms with Gasteiger partial charge in [0.1, 0.15) is 5.82 Å². The number of hydrogen-bond acceptors (Lipinski definition) is 2. The third-order valence-corrected chi connectivity index (χ3v) is 3.04. The molecule has 1 fully saturated rings. The molecule has 1 saturated heterocycles. The van der Waals surface area contributed by atoms with Gasteiger partial charge in [0.15, 0.2) is 0 Å². The smallest absolute Gasteiger partial charge is 0.338 e. The zero-order valence-corrected chi connectivity index (χ0v) is 8.87. The number of rotatable bonds is 2. The maximum absolute atomic E-state index is 13.9. The van der Waals surface area contributed by atoms with Gasteiger partial charge in [-0.2, -0.15) is 0 Å². The highest BCUT2D eigenvalue weighted by molar-refractivity contribution is 5.88. The second kappa shape index (κ2) is 4.61. The Hall–Kier alpha value is -1.42. The van der Waals surface area contributed by atoms with Crippen LogP contribution in [-0.4, -0.2) is 24.2 Å². The lowest BCUT2D eigenvalue weighted by Gasteiger charge is -2.23. The van der Waals surface area contributed by atoms with Gasteiger partial charge >= 0.3 is 5.97 Å². The SMILES string of the molecule is O=C(O)c1cccc(C2CCNCC2)c1F. The molecule has 2 N–H and O–H groups in total. The van der Waals surface area contributed by atoms with Gasteiger partial charge in [-0.1, -0.05) is 12.1 Å². The fourth-order valence-corrected chi connectivity index (χ4v) is 2.16. The van der Waals surface area contributed by atoms with Crippen molar-refractivity contribution in [2.45, 2.75) is 18.8 Å². The zero-order chi connectivity index (χ0) is 11.5. The summed E-state index contributed by atoms with van der Waals surface area (Å²) in [5, 5.41) is 12.0. The van der Waals surface area contributed by atoms with Crippen LogP contribution in [0.2, 0.25) is 0 Å². The van der Waals surface area contributed by atoms with E-state index in [1.165, 1.54) is 6.07 Å². The van der Waals surface area contributed by atoms with Crippen LogP contribution in [-0.2, 0) is 0 Å². The van der Waals surface area contributed by atoms with E-state index in [4.69, 9.17) is 5.11 Å². The Morgan fingerprint density at radius 2 is 2.06 bits per heavy atom. The molecule has 1 aromatic rings. The van der Waals surface area contributed by atoms with Gasteiger partial charge in [-0.15, -0.1) is 0 Å². The lowest BCUT2D eigenvalue weighted by atomic mass is 9.89. The summed E-state index contributed by atoms with van der Waals surface area (Å²) in [5.41, 5.74) is 0.317. The van der Waals surface area contributed by atoms with Crippen molar-refractivity contribution in [3.05, 3.63) is 35.1 Å². The van der Waals surface area contributed by atoms with Crippen LogP contribution in [0.15, 0.2) is 18.2 Å². The molecule has 0 unspecified atom stereocenters. The lowest BCUT2D eigenvalue weighted by Crippen LogP contribution is -2.27. The molecule has 0 bridgehead atoms. The summed E-state index contributed by atoms with van der Waals surface area (Å²) >= 11 is 0. The van der Waals surface area contributed by atoms with Crippen molar-refractivity contribution in [1.29, 1.82) is 0 Å². The number of carboxylic acids is 1. The molecule has 0 atom stereocenters. The molecule has 3 nitrogen and oxygen atoms in total. The normalized spacial score (nSPS) is 17.3. The van der Waals surface area contributed by atoms with Crippen LogP contribution in [0.1, 0.15) is 34.7 Å². The van der Waals surface area contributed by atoms with Gasteiger partial charge in [0, 0.05) is 0 Å². The van der Waals surface area contributed by atoms with Crippen LogP contribution in [0.3, 0.4) is 0 Å². The van der Waals surface area contributed by atoms with Crippen molar-refractivity contribution in [3.63, 3.8) is 0 Å². The summed E-state index contributed by atoms with van der Waals surface area (Å²) in [6.07, 6.45) is 1.72. The molecule has 0 radical (unpaired) electrons. The molecule has 16 heavy (non-hydrogen) atoms. The largest absolute Gasteiger partial charge is 0.478 e. The Kier molecular flexibility index (Phi) is 3.19. The van der Waals surface area contributed by atoms with Crippen molar-refractivity contribution < 1.29 is 14.3 Å². The minimum Gasteiger partial charge on any atom is -0.478 e. The number of piperidine rings is 1. The standard InChI is InChI=1S/C12H14FNO2/c13-11-9(8-4-6-14-7-5-8)2-1-3-10(11)12(15)16/h1-3,8,14H,4-7H2,(H,15,16). The number of benzene rings is 1. The lowest BCUT2D eigenvalue weighted by molar-refractivity contribution is 0.0691. The van der Waals surface area contributed by atoms with Gasteiger partial charge in [-0.3, -0.25) is 0 Å². The summed E-state index contributed by atoms with van der Waals surface area (Å²) in [7, 11) is 0. The molecule has 2 rings (SSSR count). The fraction of sp³-hybridized carbons (Fsp3) is 0.417. The number of carbonyl (C=O) groups is 1. The average Bonchev–Trinajstić information content (AvgIpc) is 2.30. The van der Waals surface area contributed by atoms with Crippen molar-refractivity contribution in [2.75, 3.05) is 13.1 Å². The third kappa shape index (κ3) is 2.07. The first-order valence-electron chi connectivity index (χ1n) is 5.42. The topological polar surface area (TPSA) is 49.3 Å². The van der Waals surface area contributed by atoms with Crippen LogP contribution in [0.5, 0.6) is 0 Å². The van der Waals surface area contributed by atoms with Crippen molar-refractivity contribution in [1.82, 2.24) is 5.32 Å². The predicted molar refractivity (Wildman–Crippen MR) is 58.2 cm³/mol. The number of carboxylic acid groups (broad SMARTS) is 1. The number of hydrogen-bond donors (Lipinski definition) is 2. The highest BCUT2D eigenvalue weighted by Crippen LogP contribution is 2.28. The highest BCUT2D eigenvalue weighted by atomic mass is 19.1. The molecular formula is C12H14FNO2. The van der Waals surface area contributed by atoms with Crippen LogP contribution in [0, 0.1) is 5.82 Å². The Labute approximate surface area is 93.3 Å². The maximum Gasteiger partial charge on any atom is 0.338 e. The Morgan fingerprint density at radius 3 is 2.69 bits per heavy atom. The summed E-state index contributed by atoms with van der Waals surface area (Å²) in [6, 6.07) is 4.61. The molecule has 0 aliphatic carbocycles. The van der Waals surface area contributed by atoms with Gasteiger partial charge in [-0.05, 0) is 43.5 Å². The van der Waals surface area contributed by atoms with Gasteiger partial charge in [0.25, 0.3) is 0 Å². The second-order valence-corrected chi connectivity index (χ2v) is 4.04. The molecule has 0 amide bonds. The molecule has 0 saturated carbocycles. The van der Waals surface area contributed by atoms with E-state index < -0.39 is 11.8 Å². The molecule has 1 aliphatic rings. The van der Waals surface area contributed by atoms with E-state index in [1.807, 2.05) is 0 Å². The summed E-state index contributed by atoms with van der Waals surface area (Å²) in [5.74, 6) is -1.63. The molecule has 86 valence electrons. The van der Waals surface area contributed by atoms with Crippen LogP contribution in [0.25, 0.3) is 0 Å². The molecule has 1 heterocycles. The van der Waals surface area contributed by atoms with E-state index in [9.17, 15) is 9.18 Å². The minimum atomic E-state index is -1.20. The first-order valence-corrected chi connectivity index (χ1v) is 5.42. The van der Waals surface area contributed by atoms with E-state index in [-0.39, 0.29) is 11.5 Å². The van der Waals surface area contributed by atoms with Crippen molar-refractivity contribution in [3.8, 4) is 0 Å². The molecule has 1 aliphatic heterocycles. The van der Waals surface area contributed by atoms with E-state index >= 15 is 0 Å². The first kappa shape index (κ1) is 11.1. The van der Waals surface area contributed by atoms with E-state index in [0.29, 0.717) is 5.56 Å². The molecule has 0 spiro atoms. The van der Waals surface area contributed by atoms with Gasteiger partial charge in [0.05, 0.1) is 5.56 Å². The minimum absolute atomic E-state index is 0.139. The summed E-state index contributed by atoms with van der Waals surface area (Å²) in [6.45, 7) is 1.73. The maximum atomic E-state index is 13.9. The number of halogens is 1. The van der Waals surface area contributed by atoms with Crippen LogP contribution >= 0.6 is 0 Å². The molecule has 1 aromatic carbocycles. The first-order chi connectivity index (χ1) is 7.70. The average molecular weight is 223 g/mol. The van der Waals surface area contributed by atoms with E-state index in [2.05, 4.69) is 5.32 Å². The van der Waals surface area contributed by atoms with Crippen molar-refractivity contribution in [2.24, 2.45) is 0 Å². The zero-order valence-electron chi connectivity index (χ0n) is 8.87. The predicted octanol–water partition coefficient (Wildman–Crippen LogP) is 1.99. The third-order valence-electron chi connectivity index (χ3n) is 3.04. The highest BCUT2D eigenvalue weighted by Gasteiger charge is 2.21. The van der Waals surface area contributed by atoms with Gasteiger partial charge < -0.3 is 10.4 Å². The van der Waals surface area contributed by atoms with Gasteiger partial charge in [-0.25, -0.2) is 9.18 Å². The Morgan fingerprint density at radius 1 is 1.38 bits per heavy atom. The van der Waals surface area contributed by atoms with Gasteiger partial charge in [0.2, 0.25) is 0 Å². The quantitative estimate of drug-likeness (QED) is 0.806. The van der Waals surface area contributed by atoms with E-state index in [1.54, 1.807) is 12.1 Å². The van der Waals surface area contributed by atoms with Crippen LogP contribution < -0.4 is 5.32 Å². The molecular weight excluding hydrogens is 209 g/mol. The number of nitrogens with one attached hydrogen (secondary N) is 1. The molecule has 4 heteroatoms. The monoisotopic (exact) mass is 223 g/mol. The van der Waals surface area contributed by atoms with E-state index in [0.717, 1.165) is 25.9 Å². The second-order valence-electron chi connectivity index (χ2n) is 4.04. The fourth-order valence-electron chi connectivity index (χ4n) is 2.16. The van der Waals surface area contributed by atoms with Crippen LogP contribution in [0.4, 0.5) is 4.39 Å². The summed E-state index contributed by atoms with van der Waals surface area (Å²) in [4.78, 5) is 10.8. The Bertz CT molecular complexity index is 400. The molecule has 0 aromatic heterocycles. The summed E-state index contributed by atoms with van der Waals surface area (Å²) < 4.78 is 13.9. The van der Waals surface area contributed by atoms with Crippen molar-refractivity contribution >= 4 is 5.97 Å². The Balaban J connectivity index is 2.33. The number of aromatic carboxylic acids is 1.